The lowest BCUT2D eigenvalue weighted by Gasteiger charge is -2.16. The van der Waals surface area contributed by atoms with Crippen molar-refractivity contribution in [1.29, 1.82) is 0 Å². The second kappa shape index (κ2) is 6.70. The maximum Gasteiger partial charge on any atom is 0.132 e. The molecule has 0 aliphatic heterocycles. The summed E-state index contributed by atoms with van der Waals surface area (Å²) in [4.78, 5) is 8.91. The minimum Gasteiger partial charge on any atom is -0.373 e. The normalized spacial score (nSPS) is 12.0. The molecule has 0 aliphatic carbocycles. The molecule has 0 spiro atoms. The molecule has 106 valence electrons. The molecule has 0 saturated heterocycles. The van der Waals surface area contributed by atoms with E-state index in [0.717, 1.165) is 28.4 Å². The summed E-state index contributed by atoms with van der Waals surface area (Å²) in [6.07, 6.45) is 0.815. The summed E-state index contributed by atoms with van der Waals surface area (Å²) in [6, 6.07) is 10.4. The molecule has 2 N–H and O–H groups in total. The number of nitrogens with one attached hydrogen (secondary N) is 2. The van der Waals surface area contributed by atoms with E-state index in [0.29, 0.717) is 0 Å². The smallest absolute Gasteiger partial charge is 0.132 e. The van der Waals surface area contributed by atoms with Gasteiger partial charge in [0.25, 0.3) is 0 Å². The number of rotatable bonds is 5. The van der Waals surface area contributed by atoms with Crippen LogP contribution in [0.2, 0.25) is 0 Å². The number of halogens is 1. The molecule has 1 atom stereocenters. The van der Waals surface area contributed by atoms with E-state index in [9.17, 15) is 0 Å². The Hall–Kier alpha value is -1.62. The predicted molar refractivity (Wildman–Crippen MR) is 87.1 cm³/mol. The molecule has 1 unspecified atom stereocenters. The van der Waals surface area contributed by atoms with Gasteiger partial charge in [0.2, 0.25) is 0 Å². The molecule has 2 aromatic rings. The fourth-order valence-electron chi connectivity index (χ4n) is 1.94. The van der Waals surface area contributed by atoms with Gasteiger partial charge >= 0.3 is 0 Å². The molecule has 4 nitrogen and oxygen atoms in total. The average molecular weight is 335 g/mol. The fourth-order valence-corrected chi connectivity index (χ4v) is 2.36. The summed E-state index contributed by atoms with van der Waals surface area (Å²) < 4.78 is 1.08. The quantitative estimate of drug-likeness (QED) is 0.867. The third-order valence-corrected chi connectivity index (χ3v) is 3.55. The number of aryl methyl sites for hydroxylation is 1. The van der Waals surface area contributed by atoms with E-state index in [4.69, 9.17) is 0 Å². The summed E-state index contributed by atoms with van der Waals surface area (Å²) >= 11 is 3.50. The Balaban J connectivity index is 2.20. The molecular weight excluding hydrogens is 316 g/mol. The summed E-state index contributed by atoms with van der Waals surface area (Å²) in [6.45, 7) is 4.17. The molecule has 0 fully saturated rings. The number of nitrogens with zero attached hydrogens (tertiary/aromatic N) is 2. The Morgan fingerprint density at radius 1 is 1.20 bits per heavy atom. The van der Waals surface area contributed by atoms with Crippen molar-refractivity contribution >= 4 is 27.6 Å². The van der Waals surface area contributed by atoms with Crippen LogP contribution in [0.4, 0.5) is 11.6 Å². The van der Waals surface area contributed by atoms with E-state index in [1.165, 1.54) is 5.56 Å². The Morgan fingerprint density at radius 3 is 2.60 bits per heavy atom. The average Bonchev–Trinajstić information content (AvgIpc) is 2.46. The highest BCUT2D eigenvalue weighted by Gasteiger charge is 2.08. The summed E-state index contributed by atoms with van der Waals surface area (Å²) in [7, 11) is 1.86. The first-order chi connectivity index (χ1) is 9.62. The summed E-state index contributed by atoms with van der Waals surface area (Å²) in [5.74, 6) is 2.51. The Morgan fingerprint density at radius 2 is 1.95 bits per heavy atom. The van der Waals surface area contributed by atoms with Gasteiger partial charge in [-0.1, -0.05) is 35.0 Å². The molecule has 5 heteroatoms. The van der Waals surface area contributed by atoms with Gasteiger partial charge in [0.1, 0.15) is 17.5 Å². The Kier molecular flexibility index (Phi) is 4.95. The third-order valence-electron chi connectivity index (χ3n) is 3.06. The molecule has 1 aromatic heterocycles. The molecule has 2 rings (SSSR count). The Labute approximate surface area is 128 Å². The van der Waals surface area contributed by atoms with Crippen LogP contribution in [0.5, 0.6) is 0 Å². The second-order valence-electron chi connectivity index (χ2n) is 4.58. The SMILES string of the molecule is CCc1nc(NC)cc(NC(C)c2cccc(Br)c2)n1. The van der Waals surface area contributed by atoms with E-state index in [1.54, 1.807) is 0 Å². The molecule has 0 saturated carbocycles. The maximum absolute atomic E-state index is 4.51. The molecule has 1 heterocycles. The van der Waals surface area contributed by atoms with E-state index in [2.05, 4.69) is 62.5 Å². The van der Waals surface area contributed by atoms with Crippen molar-refractivity contribution in [2.45, 2.75) is 26.3 Å². The first-order valence-electron chi connectivity index (χ1n) is 6.70. The zero-order valence-corrected chi connectivity index (χ0v) is 13.5. The van der Waals surface area contributed by atoms with Crippen LogP contribution in [0.3, 0.4) is 0 Å². The number of hydrogen-bond donors (Lipinski definition) is 2. The lowest BCUT2D eigenvalue weighted by Crippen LogP contribution is -2.10. The first-order valence-corrected chi connectivity index (χ1v) is 7.49. The van der Waals surface area contributed by atoms with Crippen LogP contribution in [0.1, 0.15) is 31.3 Å². The second-order valence-corrected chi connectivity index (χ2v) is 5.49. The molecule has 0 amide bonds. The largest absolute Gasteiger partial charge is 0.373 e. The van der Waals surface area contributed by atoms with E-state index in [1.807, 2.05) is 25.2 Å². The highest BCUT2D eigenvalue weighted by atomic mass is 79.9. The first kappa shape index (κ1) is 14.8. The fraction of sp³-hybridized carbons (Fsp3) is 0.333. The lowest BCUT2D eigenvalue weighted by atomic mass is 10.1. The zero-order valence-electron chi connectivity index (χ0n) is 11.9. The summed E-state index contributed by atoms with van der Waals surface area (Å²) in [5.41, 5.74) is 1.21. The van der Waals surface area contributed by atoms with Gasteiger partial charge in [-0.05, 0) is 24.6 Å². The van der Waals surface area contributed by atoms with Crippen LogP contribution in [-0.2, 0) is 6.42 Å². The van der Waals surface area contributed by atoms with Gasteiger partial charge in [-0.15, -0.1) is 0 Å². The topological polar surface area (TPSA) is 49.8 Å². The highest BCUT2D eigenvalue weighted by Crippen LogP contribution is 2.22. The highest BCUT2D eigenvalue weighted by molar-refractivity contribution is 9.10. The zero-order chi connectivity index (χ0) is 14.5. The number of benzene rings is 1. The Bertz CT molecular complexity index is 564. The molecular formula is C15H19BrN4. The van der Waals surface area contributed by atoms with Gasteiger partial charge in [-0.2, -0.15) is 0 Å². The monoisotopic (exact) mass is 334 g/mol. The van der Waals surface area contributed by atoms with Crippen LogP contribution < -0.4 is 10.6 Å². The minimum atomic E-state index is 0.178. The molecule has 1 aromatic carbocycles. The van der Waals surface area contributed by atoms with Crippen molar-refractivity contribution < 1.29 is 0 Å². The number of anilines is 2. The van der Waals surface area contributed by atoms with Gasteiger partial charge in [0.05, 0.1) is 0 Å². The number of hydrogen-bond acceptors (Lipinski definition) is 4. The maximum atomic E-state index is 4.51. The van der Waals surface area contributed by atoms with Gasteiger partial charge in [-0.3, -0.25) is 0 Å². The molecule has 0 aliphatic rings. The lowest BCUT2D eigenvalue weighted by molar-refractivity contribution is 0.857. The summed E-state index contributed by atoms with van der Waals surface area (Å²) in [5, 5.41) is 6.49. The van der Waals surface area contributed by atoms with E-state index >= 15 is 0 Å². The predicted octanol–water partition coefficient (Wildman–Crippen LogP) is 4.02. The van der Waals surface area contributed by atoms with Crippen molar-refractivity contribution in [2.24, 2.45) is 0 Å². The van der Waals surface area contributed by atoms with Gasteiger partial charge < -0.3 is 10.6 Å². The van der Waals surface area contributed by atoms with Crippen molar-refractivity contribution in [3.8, 4) is 0 Å². The van der Waals surface area contributed by atoms with Crippen LogP contribution in [-0.4, -0.2) is 17.0 Å². The van der Waals surface area contributed by atoms with Crippen LogP contribution in [0.25, 0.3) is 0 Å². The van der Waals surface area contributed by atoms with Crippen molar-refractivity contribution in [1.82, 2.24) is 9.97 Å². The van der Waals surface area contributed by atoms with Crippen molar-refractivity contribution in [3.63, 3.8) is 0 Å². The van der Waals surface area contributed by atoms with E-state index < -0.39 is 0 Å². The molecule has 0 radical (unpaired) electrons. The third kappa shape index (κ3) is 3.70. The minimum absolute atomic E-state index is 0.178. The standard InChI is InChI=1S/C15H19BrN4/c1-4-13-19-14(17-3)9-15(20-13)18-10(2)11-6-5-7-12(16)8-11/h5-10H,4H2,1-3H3,(H2,17,18,19,20). The van der Waals surface area contributed by atoms with Crippen LogP contribution in [0.15, 0.2) is 34.8 Å². The van der Waals surface area contributed by atoms with Gasteiger partial charge in [-0.25, -0.2) is 9.97 Å². The van der Waals surface area contributed by atoms with Crippen molar-refractivity contribution in [3.05, 3.63) is 46.2 Å². The van der Waals surface area contributed by atoms with Crippen LogP contribution >= 0.6 is 15.9 Å². The van der Waals surface area contributed by atoms with Crippen LogP contribution in [0, 0.1) is 0 Å². The van der Waals surface area contributed by atoms with Gasteiger partial charge in [0.15, 0.2) is 0 Å². The molecule has 0 bridgehead atoms. The van der Waals surface area contributed by atoms with Gasteiger partial charge in [0, 0.05) is 30.0 Å². The number of aromatic nitrogens is 2. The van der Waals surface area contributed by atoms with E-state index in [-0.39, 0.29) is 6.04 Å². The molecule has 20 heavy (non-hydrogen) atoms. The van der Waals surface area contributed by atoms with Crippen molar-refractivity contribution in [2.75, 3.05) is 17.7 Å².